The van der Waals surface area contributed by atoms with E-state index in [0.717, 1.165) is 17.3 Å². The SMILES string of the molecule is O=Nc1c(Br)cc(Br)cc1CN(O)C1CCC(O)CC1. The Kier molecular flexibility index (Phi) is 5.68. The van der Waals surface area contributed by atoms with Crippen molar-refractivity contribution in [3.63, 3.8) is 0 Å². The zero-order chi connectivity index (χ0) is 14.7. The minimum atomic E-state index is -0.258. The van der Waals surface area contributed by atoms with Crippen molar-refractivity contribution in [3.05, 3.63) is 31.5 Å². The van der Waals surface area contributed by atoms with Gasteiger partial charge < -0.3 is 10.3 Å². The molecule has 2 N–H and O–H groups in total. The van der Waals surface area contributed by atoms with E-state index >= 15 is 0 Å². The van der Waals surface area contributed by atoms with Gasteiger partial charge >= 0.3 is 0 Å². The molecule has 7 heteroatoms. The molecule has 0 saturated heterocycles. The lowest BCUT2D eigenvalue weighted by molar-refractivity contribution is -0.148. The van der Waals surface area contributed by atoms with E-state index in [0.29, 0.717) is 28.6 Å². The highest BCUT2D eigenvalue weighted by Gasteiger charge is 2.25. The standard InChI is InChI=1S/C13H16Br2N2O3/c14-9-5-8(13(16-19)12(15)6-9)7-17(20)10-1-3-11(18)4-2-10/h5-6,10-11,18,20H,1-4,7H2. The fourth-order valence-corrected chi connectivity index (χ4v) is 3.89. The Bertz CT molecular complexity index is 491. The molecule has 1 saturated carbocycles. The second-order valence-corrected chi connectivity index (χ2v) is 6.82. The van der Waals surface area contributed by atoms with Crippen LogP contribution >= 0.6 is 31.9 Å². The Balaban J connectivity index is 2.11. The highest BCUT2D eigenvalue weighted by molar-refractivity contribution is 9.11. The maximum absolute atomic E-state index is 10.9. The molecule has 0 aliphatic heterocycles. The number of aliphatic hydroxyl groups excluding tert-OH is 1. The molecule has 0 spiro atoms. The summed E-state index contributed by atoms with van der Waals surface area (Å²) in [7, 11) is 0. The molecule has 1 fully saturated rings. The summed E-state index contributed by atoms with van der Waals surface area (Å²) in [6.07, 6.45) is 2.63. The number of halogens is 2. The van der Waals surface area contributed by atoms with Crippen molar-refractivity contribution < 1.29 is 10.3 Å². The molecule has 0 radical (unpaired) electrons. The molecule has 0 aromatic heterocycles. The van der Waals surface area contributed by atoms with Crippen molar-refractivity contribution in [2.45, 2.75) is 44.4 Å². The fourth-order valence-electron chi connectivity index (χ4n) is 2.50. The molecule has 0 unspecified atom stereocenters. The van der Waals surface area contributed by atoms with Crippen LogP contribution in [0.5, 0.6) is 0 Å². The van der Waals surface area contributed by atoms with Crippen molar-refractivity contribution in [2.75, 3.05) is 0 Å². The second-order valence-electron chi connectivity index (χ2n) is 5.05. The summed E-state index contributed by atoms with van der Waals surface area (Å²) in [5, 5.41) is 23.9. The Hall–Kier alpha value is -0.340. The smallest absolute Gasteiger partial charge is 0.126 e. The number of hydroxylamine groups is 2. The summed E-state index contributed by atoms with van der Waals surface area (Å²) in [5.74, 6) is 0. The highest BCUT2D eigenvalue weighted by atomic mass is 79.9. The summed E-state index contributed by atoms with van der Waals surface area (Å²) in [6.45, 7) is 0.236. The van der Waals surface area contributed by atoms with Gasteiger partial charge in [-0.1, -0.05) is 15.9 Å². The van der Waals surface area contributed by atoms with Crippen LogP contribution in [0.3, 0.4) is 0 Å². The predicted octanol–water partition coefficient (Wildman–Crippen LogP) is 4.10. The van der Waals surface area contributed by atoms with Gasteiger partial charge in [-0.05, 0) is 58.9 Å². The van der Waals surface area contributed by atoms with Crippen LogP contribution in [0.1, 0.15) is 31.2 Å². The molecule has 1 aromatic rings. The fraction of sp³-hybridized carbons (Fsp3) is 0.538. The summed E-state index contributed by atoms with van der Waals surface area (Å²) >= 11 is 6.66. The summed E-state index contributed by atoms with van der Waals surface area (Å²) < 4.78 is 1.42. The van der Waals surface area contributed by atoms with E-state index in [4.69, 9.17) is 0 Å². The van der Waals surface area contributed by atoms with Crippen LogP contribution in [0.4, 0.5) is 5.69 Å². The number of benzene rings is 1. The molecule has 2 rings (SSSR count). The first kappa shape index (κ1) is 16.0. The largest absolute Gasteiger partial charge is 0.393 e. The average Bonchev–Trinajstić information content (AvgIpc) is 2.39. The Morgan fingerprint density at radius 1 is 1.25 bits per heavy atom. The third kappa shape index (κ3) is 3.85. The molecule has 110 valence electrons. The van der Waals surface area contributed by atoms with Crippen LogP contribution in [0.25, 0.3) is 0 Å². The molecular formula is C13H16Br2N2O3. The van der Waals surface area contributed by atoms with Gasteiger partial charge in [-0.3, -0.25) is 0 Å². The van der Waals surface area contributed by atoms with Crippen LogP contribution in [-0.2, 0) is 6.54 Å². The summed E-state index contributed by atoms with van der Waals surface area (Å²) in [6, 6.07) is 3.54. The quantitative estimate of drug-likeness (QED) is 0.581. The van der Waals surface area contributed by atoms with Crippen LogP contribution in [0, 0.1) is 4.91 Å². The number of aliphatic hydroxyl groups is 1. The van der Waals surface area contributed by atoms with E-state index in [1.807, 2.05) is 0 Å². The number of rotatable bonds is 4. The lowest BCUT2D eigenvalue weighted by atomic mass is 9.92. The van der Waals surface area contributed by atoms with Crippen molar-refractivity contribution in [1.29, 1.82) is 0 Å². The van der Waals surface area contributed by atoms with E-state index in [9.17, 15) is 15.2 Å². The van der Waals surface area contributed by atoms with E-state index in [1.54, 1.807) is 12.1 Å². The van der Waals surface area contributed by atoms with Gasteiger partial charge in [-0.15, -0.1) is 4.91 Å². The van der Waals surface area contributed by atoms with Gasteiger partial charge in [-0.2, -0.15) is 5.06 Å². The van der Waals surface area contributed by atoms with E-state index in [-0.39, 0.29) is 18.7 Å². The Morgan fingerprint density at radius 2 is 1.90 bits per heavy atom. The lowest BCUT2D eigenvalue weighted by Gasteiger charge is -2.31. The first-order chi connectivity index (χ1) is 9.51. The van der Waals surface area contributed by atoms with Gasteiger partial charge in [-0.25, -0.2) is 0 Å². The normalized spacial score (nSPS) is 23.1. The molecule has 0 amide bonds. The first-order valence-corrected chi connectivity index (χ1v) is 8.04. The number of hydrogen-bond acceptors (Lipinski definition) is 5. The third-order valence-electron chi connectivity index (χ3n) is 3.62. The maximum atomic E-state index is 10.9. The monoisotopic (exact) mass is 406 g/mol. The molecule has 1 aliphatic carbocycles. The molecule has 0 heterocycles. The van der Waals surface area contributed by atoms with Crippen LogP contribution in [0.15, 0.2) is 26.3 Å². The second kappa shape index (κ2) is 7.09. The van der Waals surface area contributed by atoms with Crippen molar-refractivity contribution in [2.24, 2.45) is 5.18 Å². The zero-order valence-electron chi connectivity index (χ0n) is 10.8. The molecule has 0 atom stereocenters. The van der Waals surface area contributed by atoms with Crippen molar-refractivity contribution >= 4 is 37.5 Å². The maximum Gasteiger partial charge on any atom is 0.126 e. The topological polar surface area (TPSA) is 73.1 Å². The van der Waals surface area contributed by atoms with Crippen molar-refractivity contribution in [1.82, 2.24) is 5.06 Å². The minimum absolute atomic E-state index is 0.00987. The van der Waals surface area contributed by atoms with Gasteiger partial charge in [0.2, 0.25) is 0 Å². The van der Waals surface area contributed by atoms with Gasteiger partial charge in [0.25, 0.3) is 0 Å². The molecule has 5 nitrogen and oxygen atoms in total. The number of hydrogen-bond donors (Lipinski definition) is 2. The van der Waals surface area contributed by atoms with E-state index in [1.165, 1.54) is 5.06 Å². The molecule has 20 heavy (non-hydrogen) atoms. The zero-order valence-corrected chi connectivity index (χ0v) is 14.0. The Morgan fingerprint density at radius 3 is 2.50 bits per heavy atom. The molecule has 1 aromatic carbocycles. The van der Waals surface area contributed by atoms with E-state index in [2.05, 4.69) is 37.0 Å². The van der Waals surface area contributed by atoms with Gasteiger partial charge in [0, 0.05) is 20.6 Å². The predicted molar refractivity (Wildman–Crippen MR) is 82.9 cm³/mol. The number of nitroso groups, excluding NO2 is 1. The van der Waals surface area contributed by atoms with Gasteiger partial charge in [0.15, 0.2) is 0 Å². The third-order valence-corrected chi connectivity index (χ3v) is 4.68. The van der Waals surface area contributed by atoms with Crippen LogP contribution in [0.2, 0.25) is 0 Å². The molecule has 0 bridgehead atoms. The van der Waals surface area contributed by atoms with Gasteiger partial charge in [0.05, 0.1) is 12.6 Å². The van der Waals surface area contributed by atoms with Crippen molar-refractivity contribution in [3.8, 4) is 0 Å². The van der Waals surface area contributed by atoms with Crippen LogP contribution in [-0.4, -0.2) is 27.5 Å². The lowest BCUT2D eigenvalue weighted by Crippen LogP contribution is -2.36. The van der Waals surface area contributed by atoms with Gasteiger partial charge in [0.1, 0.15) is 5.69 Å². The average molecular weight is 408 g/mol. The van der Waals surface area contributed by atoms with Crippen LogP contribution < -0.4 is 0 Å². The summed E-state index contributed by atoms with van der Waals surface area (Å²) in [4.78, 5) is 10.9. The molecular weight excluding hydrogens is 392 g/mol. The minimum Gasteiger partial charge on any atom is -0.393 e. The number of nitrogens with zero attached hydrogens (tertiary/aromatic N) is 2. The first-order valence-electron chi connectivity index (χ1n) is 6.46. The summed E-state index contributed by atoms with van der Waals surface area (Å²) in [5.41, 5.74) is 0.970. The van der Waals surface area contributed by atoms with E-state index < -0.39 is 0 Å². The Labute approximate surface area is 134 Å². The highest BCUT2D eigenvalue weighted by Crippen LogP contribution is 2.34. The molecule has 1 aliphatic rings.